The number of benzene rings is 1. The molecule has 1 nitrogen and oxygen atoms in total. The molecule has 3 rings (SSSR count). The van der Waals surface area contributed by atoms with E-state index < -0.39 is 0 Å². The highest BCUT2D eigenvalue weighted by molar-refractivity contribution is 6.33. The predicted molar refractivity (Wildman–Crippen MR) is 109 cm³/mol. The summed E-state index contributed by atoms with van der Waals surface area (Å²) in [5.41, 5.74) is 11.6. The van der Waals surface area contributed by atoms with E-state index in [0.717, 1.165) is 11.1 Å². The van der Waals surface area contributed by atoms with Gasteiger partial charge in [0.2, 0.25) is 0 Å². The lowest BCUT2D eigenvalue weighted by molar-refractivity contribution is 0.845. The third kappa shape index (κ3) is 3.11. The molecular weight excluding hydrogens is 302 g/mol. The van der Waals surface area contributed by atoms with Gasteiger partial charge in [-0.1, -0.05) is 60.6 Å². The molecule has 0 fully saturated rings. The molecule has 1 unspecified atom stereocenters. The molecule has 2 aliphatic carbocycles. The minimum absolute atomic E-state index is 0.338. The van der Waals surface area contributed by atoms with Crippen molar-refractivity contribution in [1.82, 2.24) is 0 Å². The van der Waals surface area contributed by atoms with Crippen LogP contribution in [0.4, 0.5) is 0 Å². The highest BCUT2D eigenvalue weighted by atomic mass is 14.5. The van der Waals surface area contributed by atoms with Gasteiger partial charge < -0.3 is 0 Å². The van der Waals surface area contributed by atoms with E-state index in [1.54, 1.807) is 0 Å². The number of nitrogens with one attached hydrogen (secondary N) is 1. The van der Waals surface area contributed by atoms with Gasteiger partial charge in [0.1, 0.15) is 0 Å². The maximum Gasteiger partial charge on any atom is 0.0693 e. The van der Waals surface area contributed by atoms with Crippen LogP contribution >= 0.6 is 0 Å². The van der Waals surface area contributed by atoms with Crippen molar-refractivity contribution in [2.24, 2.45) is 5.92 Å². The first-order valence-corrected chi connectivity index (χ1v) is 8.96. The Morgan fingerprint density at radius 2 is 1.60 bits per heavy atom. The molecule has 0 spiro atoms. The molecule has 1 aromatic carbocycles. The van der Waals surface area contributed by atoms with Crippen molar-refractivity contribution < 1.29 is 0 Å². The molecule has 0 aromatic heterocycles. The van der Waals surface area contributed by atoms with E-state index in [4.69, 9.17) is 5.41 Å². The lowest BCUT2D eigenvalue weighted by Crippen LogP contribution is -2.15. The van der Waals surface area contributed by atoms with Gasteiger partial charge in [-0.25, -0.2) is 0 Å². The molecule has 25 heavy (non-hydrogen) atoms. The van der Waals surface area contributed by atoms with E-state index in [1.807, 2.05) is 0 Å². The molecule has 0 amide bonds. The Morgan fingerprint density at radius 3 is 2.20 bits per heavy atom. The van der Waals surface area contributed by atoms with Crippen molar-refractivity contribution in [2.45, 2.75) is 41.5 Å². The maximum atomic E-state index is 8.93. The summed E-state index contributed by atoms with van der Waals surface area (Å²) in [6.07, 6.45) is 10.8. The number of aryl methyl sites for hydroxylation is 3. The Labute approximate surface area is 151 Å². The van der Waals surface area contributed by atoms with Gasteiger partial charge in [0, 0.05) is 17.1 Å². The predicted octanol–water partition coefficient (Wildman–Crippen LogP) is 6.42. The van der Waals surface area contributed by atoms with E-state index in [0.29, 0.717) is 11.6 Å². The summed E-state index contributed by atoms with van der Waals surface area (Å²) in [6, 6.07) is 4.42. The maximum absolute atomic E-state index is 8.93. The summed E-state index contributed by atoms with van der Waals surface area (Å²) in [6.45, 7) is 13.0. The fourth-order valence-corrected chi connectivity index (χ4v) is 4.35. The van der Waals surface area contributed by atoms with E-state index in [2.05, 4.69) is 84.1 Å². The van der Waals surface area contributed by atoms with Gasteiger partial charge in [0.15, 0.2) is 0 Å². The topological polar surface area (TPSA) is 23.9 Å². The molecule has 1 heteroatoms. The van der Waals surface area contributed by atoms with Crippen LogP contribution in [0.2, 0.25) is 0 Å². The largest absolute Gasteiger partial charge is 0.300 e. The van der Waals surface area contributed by atoms with Crippen molar-refractivity contribution in [3.05, 3.63) is 87.1 Å². The summed E-state index contributed by atoms with van der Waals surface area (Å²) in [7, 11) is 0. The number of rotatable bonds is 1. The first kappa shape index (κ1) is 17.4. The molecule has 0 saturated carbocycles. The molecule has 0 bridgehead atoms. The van der Waals surface area contributed by atoms with E-state index in [1.165, 1.54) is 39.0 Å². The highest BCUT2D eigenvalue weighted by Crippen LogP contribution is 2.36. The van der Waals surface area contributed by atoms with Crippen LogP contribution in [0.25, 0.3) is 5.57 Å². The second kappa shape index (κ2) is 6.48. The van der Waals surface area contributed by atoms with Crippen molar-refractivity contribution in [1.29, 1.82) is 5.41 Å². The normalized spacial score (nSPS) is 23.4. The summed E-state index contributed by atoms with van der Waals surface area (Å²) in [5.74, 6) is 0.338. The van der Waals surface area contributed by atoms with Crippen molar-refractivity contribution in [3.8, 4) is 0 Å². The summed E-state index contributed by atoms with van der Waals surface area (Å²) in [5, 5.41) is 8.93. The van der Waals surface area contributed by atoms with Crippen LogP contribution in [0.1, 0.15) is 43.0 Å². The molecule has 1 N–H and O–H groups in total. The van der Waals surface area contributed by atoms with Gasteiger partial charge in [-0.3, -0.25) is 5.41 Å². The average Bonchev–Trinajstić information content (AvgIpc) is 2.48. The minimum atomic E-state index is 0.338. The first-order valence-electron chi connectivity index (χ1n) is 8.96. The van der Waals surface area contributed by atoms with E-state index in [-0.39, 0.29) is 0 Å². The molecule has 2 aliphatic rings. The molecule has 0 saturated heterocycles. The van der Waals surface area contributed by atoms with Gasteiger partial charge >= 0.3 is 0 Å². The van der Waals surface area contributed by atoms with Gasteiger partial charge in [-0.2, -0.15) is 0 Å². The van der Waals surface area contributed by atoms with Crippen molar-refractivity contribution in [3.63, 3.8) is 0 Å². The Morgan fingerprint density at radius 1 is 0.960 bits per heavy atom. The van der Waals surface area contributed by atoms with E-state index >= 15 is 0 Å². The quantitative estimate of drug-likeness (QED) is 0.614. The third-order valence-electron chi connectivity index (χ3n) is 5.14. The highest BCUT2D eigenvalue weighted by Gasteiger charge is 2.24. The number of hydrogen-bond acceptors (Lipinski definition) is 1. The van der Waals surface area contributed by atoms with Crippen LogP contribution in [-0.4, -0.2) is 5.71 Å². The Balaban J connectivity index is 2.13. The lowest BCUT2D eigenvalue weighted by atomic mass is 9.78. The summed E-state index contributed by atoms with van der Waals surface area (Å²) < 4.78 is 0. The second-order valence-corrected chi connectivity index (χ2v) is 7.44. The molecular formula is C24H27N. The molecule has 0 radical (unpaired) electrons. The molecule has 0 aliphatic heterocycles. The fourth-order valence-electron chi connectivity index (χ4n) is 4.35. The Bertz CT molecular complexity index is 890. The second-order valence-electron chi connectivity index (χ2n) is 7.44. The fraction of sp³-hybridized carbons (Fsp3) is 0.292. The van der Waals surface area contributed by atoms with Crippen molar-refractivity contribution in [2.75, 3.05) is 0 Å². The molecule has 128 valence electrons. The van der Waals surface area contributed by atoms with Crippen LogP contribution in [-0.2, 0) is 0 Å². The Kier molecular flexibility index (Phi) is 4.51. The lowest BCUT2D eigenvalue weighted by Gasteiger charge is -2.26. The standard InChI is InChI=1S/C24H27N/c1-14-10-16(3)22(17(4)11-14)20-8-7-9-21(24(20)25)23-18(5)12-15(2)13-19(23)6/h7-13,16,25H,1-6H3. The van der Waals surface area contributed by atoms with Crippen LogP contribution in [0, 0.1) is 32.1 Å². The molecule has 1 atom stereocenters. The third-order valence-corrected chi connectivity index (χ3v) is 5.14. The van der Waals surface area contributed by atoms with Crippen LogP contribution in [0.3, 0.4) is 0 Å². The minimum Gasteiger partial charge on any atom is -0.300 e. The van der Waals surface area contributed by atoms with Gasteiger partial charge in [0.25, 0.3) is 0 Å². The molecule has 1 aromatic rings. The average molecular weight is 329 g/mol. The van der Waals surface area contributed by atoms with Crippen LogP contribution in [0.15, 0.2) is 64.8 Å². The van der Waals surface area contributed by atoms with Crippen LogP contribution < -0.4 is 0 Å². The van der Waals surface area contributed by atoms with E-state index in [9.17, 15) is 0 Å². The summed E-state index contributed by atoms with van der Waals surface area (Å²) >= 11 is 0. The van der Waals surface area contributed by atoms with Gasteiger partial charge in [0.05, 0.1) is 5.71 Å². The first-order chi connectivity index (χ1) is 11.8. The summed E-state index contributed by atoms with van der Waals surface area (Å²) in [4.78, 5) is 0. The van der Waals surface area contributed by atoms with Gasteiger partial charge in [-0.05, 0) is 62.5 Å². The van der Waals surface area contributed by atoms with Gasteiger partial charge in [-0.15, -0.1) is 0 Å². The smallest absolute Gasteiger partial charge is 0.0693 e. The zero-order valence-corrected chi connectivity index (χ0v) is 16.1. The SMILES string of the molecule is CC1=CC(C)C(=C2C=CC=C(c3c(C)cc(C)cc3C)C2=N)C(C)=C1. The zero-order valence-electron chi connectivity index (χ0n) is 16.1. The monoisotopic (exact) mass is 329 g/mol. The number of hydrogen-bond donors (Lipinski definition) is 1. The van der Waals surface area contributed by atoms with Crippen molar-refractivity contribution >= 4 is 11.3 Å². The number of allylic oxidation sites excluding steroid dienone is 10. The zero-order chi connectivity index (χ0) is 18.3. The van der Waals surface area contributed by atoms with Crippen LogP contribution in [0.5, 0.6) is 0 Å². The molecule has 0 heterocycles. The Hall–Kier alpha value is -2.41.